The van der Waals surface area contributed by atoms with Crippen molar-refractivity contribution in [3.8, 4) is 0 Å². The molecule has 45 heavy (non-hydrogen) atoms. The quantitative estimate of drug-likeness (QED) is 0.0362. The molecule has 0 aliphatic carbocycles. The van der Waals surface area contributed by atoms with E-state index < -0.39 is 18.1 Å². The Kier molecular flexibility index (Phi) is 27.4. The van der Waals surface area contributed by atoms with Crippen molar-refractivity contribution < 1.29 is 38.2 Å². The van der Waals surface area contributed by atoms with Gasteiger partial charge in [0.25, 0.3) is 0 Å². The highest BCUT2D eigenvalue weighted by atomic mass is 16.6. The second-order valence-electron chi connectivity index (χ2n) is 12.7. The maximum Gasteiger partial charge on any atom is 0.306 e. The topological polar surface area (TPSA) is 102 Å². The molecule has 0 saturated heterocycles. The normalized spacial score (nSPS) is 13.5. The SMILES string of the molecule is CC/C=C/C/C=C/CCCCC(=O)OC(COCCC(C(=O)[O-])[N+](C)(C)C)COC(=O)CCCCCCC/C=C/CCCCC. The van der Waals surface area contributed by atoms with Crippen LogP contribution in [0.1, 0.15) is 129 Å². The van der Waals surface area contributed by atoms with Crippen LogP contribution in [-0.2, 0) is 28.6 Å². The largest absolute Gasteiger partial charge is 0.544 e. The minimum Gasteiger partial charge on any atom is -0.544 e. The van der Waals surface area contributed by atoms with Gasteiger partial charge in [0.2, 0.25) is 0 Å². The first-order chi connectivity index (χ1) is 21.6. The van der Waals surface area contributed by atoms with Crippen molar-refractivity contribution in [2.24, 2.45) is 0 Å². The standard InChI is InChI=1S/C37H65NO7/c1-6-8-10-12-14-16-17-18-20-21-23-25-27-35(39)44-32-33(31-43-30-29-34(37(41)42)38(3,4)5)45-36(40)28-26-24-22-19-15-13-11-9-7-2/h9,11,14-16,19,33-34H,6-8,10,12-13,17-18,20-32H2,1-5H3/b11-9+,16-14+,19-15+. The maximum absolute atomic E-state index is 12.5. The lowest BCUT2D eigenvalue weighted by atomic mass is 10.1. The van der Waals surface area contributed by atoms with Crippen LogP contribution in [0.25, 0.3) is 0 Å². The molecular weight excluding hydrogens is 570 g/mol. The Morgan fingerprint density at radius 2 is 1.24 bits per heavy atom. The number of ether oxygens (including phenoxy) is 3. The number of allylic oxidation sites excluding steroid dienone is 6. The lowest BCUT2D eigenvalue weighted by Gasteiger charge is -2.34. The summed E-state index contributed by atoms with van der Waals surface area (Å²) in [5, 5.41) is 11.5. The first-order valence-corrected chi connectivity index (χ1v) is 17.5. The number of hydrogen-bond donors (Lipinski definition) is 0. The fraction of sp³-hybridized carbons (Fsp3) is 0.757. The van der Waals surface area contributed by atoms with Crippen LogP contribution in [0.2, 0.25) is 0 Å². The van der Waals surface area contributed by atoms with Crippen molar-refractivity contribution in [2.75, 3.05) is 41.0 Å². The predicted molar refractivity (Wildman–Crippen MR) is 180 cm³/mol. The summed E-state index contributed by atoms with van der Waals surface area (Å²) in [6.07, 6.45) is 29.0. The summed E-state index contributed by atoms with van der Waals surface area (Å²) in [6, 6.07) is -0.729. The van der Waals surface area contributed by atoms with Crippen molar-refractivity contribution in [3.05, 3.63) is 36.5 Å². The monoisotopic (exact) mass is 635 g/mol. The minimum atomic E-state index is -1.13. The van der Waals surface area contributed by atoms with Gasteiger partial charge in [0, 0.05) is 19.3 Å². The number of esters is 2. The van der Waals surface area contributed by atoms with Crippen LogP contribution in [0.3, 0.4) is 0 Å². The number of hydrogen-bond acceptors (Lipinski definition) is 7. The third kappa shape index (κ3) is 27.6. The highest BCUT2D eigenvalue weighted by Crippen LogP contribution is 2.11. The van der Waals surface area contributed by atoms with Gasteiger partial charge in [-0.2, -0.15) is 0 Å². The van der Waals surface area contributed by atoms with Gasteiger partial charge in [-0.1, -0.05) is 82.4 Å². The van der Waals surface area contributed by atoms with Gasteiger partial charge in [0.1, 0.15) is 12.6 Å². The molecule has 8 nitrogen and oxygen atoms in total. The van der Waals surface area contributed by atoms with Gasteiger partial charge in [-0.05, 0) is 64.2 Å². The molecule has 0 bridgehead atoms. The van der Waals surface area contributed by atoms with Crippen molar-refractivity contribution in [1.29, 1.82) is 0 Å². The fourth-order valence-electron chi connectivity index (χ4n) is 4.75. The number of likely N-dealkylation sites (N-methyl/N-ethyl adjacent to an activating group) is 1. The van der Waals surface area contributed by atoms with Crippen LogP contribution in [0.4, 0.5) is 0 Å². The van der Waals surface area contributed by atoms with Gasteiger partial charge in [0.15, 0.2) is 6.10 Å². The number of carboxylic acid groups (broad SMARTS) is 1. The third-order valence-electron chi connectivity index (χ3n) is 7.51. The Labute approximate surface area is 274 Å². The smallest absolute Gasteiger partial charge is 0.306 e. The molecule has 8 heteroatoms. The Bertz CT molecular complexity index is 844. The molecule has 0 spiro atoms. The summed E-state index contributed by atoms with van der Waals surface area (Å²) in [5.74, 6) is -1.80. The van der Waals surface area contributed by atoms with Crippen LogP contribution in [0, 0.1) is 0 Å². The summed E-state index contributed by atoms with van der Waals surface area (Å²) in [5.41, 5.74) is 0. The third-order valence-corrected chi connectivity index (χ3v) is 7.51. The first-order valence-electron chi connectivity index (χ1n) is 17.5. The summed E-state index contributed by atoms with van der Waals surface area (Å²) >= 11 is 0. The molecule has 2 atom stereocenters. The number of carbonyl (C=O) groups is 3. The van der Waals surface area contributed by atoms with Gasteiger partial charge >= 0.3 is 11.9 Å². The van der Waals surface area contributed by atoms with E-state index in [0.29, 0.717) is 12.8 Å². The molecule has 0 saturated carbocycles. The fourth-order valence-corrected chi connectivity index (χ4v) is 4.75. The molecule has 0 aromatic rings. The molecule has 0 aromatic heterocycles. The van der Waals surface area contributed by atoms with E-state index in [2.05, 4.69) is 50.3 Å². The van der Waals surface area contributed by atoms with E-state index in [1.807, 2.05) is 0 Å². The Hall–Kier alpha value is -2.45. The molecule has 0 N–H and O–H groups in total. The zero-order valence-corrected chi connectivity index (χ0v) is 29.3. The highest BCUT2D eigenvalue weighted by Gasteiger charge is 2.25. The van der Waals surface area contributed by atoms with E-state index in [0.717, 1.165) is 57.8 Å². The molecule has 0 fully saturated rings. The lowest BCUT2D eigenvalue weighted by Crippen LogP contribution is -2.55. The van der Waals surface area contributed by atoms with E-state index in [4.69, 9.17) is 14.2 Å². The number of carboxylic acids is 1. The van der Waals surface area contributed by atoms with Crippen molar-refractivity contribution in [3.63, 3.8) is 0 Å². The van der Waals surface area contributed by atoms with Crippen molar-refractivity contribution >= 4 is 17.9 Å². The highest BCUT2D eigenvalue weighted by molar-refractivity contribution is 5.70. The van der Waals surface area contributed by atoms with Gasteiger partial charge in [-0.3, -0.25) is 9.59 Å². The average molecular weight is 636 g/mol. The molecule has 0 amide bonds. The maximum atomic E-state index is 12.5. The van der Waals surface area contributed by atoms with Crippen LogP contribution < -0.4 is 5.11 Å². The van der Waals surface area contributed by atoms with Gasteiger partial charge in [0.05, 0.1) is 40.3 Å². The van der Waals surface area contributed by atoms with E-state index in [1.165, 1.54) is 32.1 Å². The molecule has 0 radical (unpaired) electrons. The Morgan fingerprint density at radius 1 is 0.689 bits per heavy atom. The summed E-state index contributed by atoms with van der Waals surface area (Å²) in [4.78, 5) is 36.4. The Balaban J connectivity index is 4.51. The summed E-state index contributed by atoms with van der Waals surface area (Å²) in [7, 11) is 5.37. The van der Waals surface area contributed by atoms with Crippen LogP contribution >= 0.6 is 0 Å². The minimum absolute atomic E-state index is 0.0248. The van der Waals surface area contributed by atoms with Crippen LogP contribution in [0.15, 0.2) is 36.5 Å². The lowest BCUT2D eigenvalue weighted by molar-refractivity contribution is -0.889. The van der Waals surface area contributed by atoms with Gasteiger partial charge in [-0.15, -0.1) is 0 Å². The second kappa shape index (κ2) is 29.0. The number of nitrogens with zero attached hydrogens (tertiary/aromatic N) is 1. The van der Waals surface area contributed by atoms with Crippen LogP contribution in [0.5, 0.6) is 0 Å². The molecule has 0 aromatic carbocycles. The second-order valence-corrected chi connectivity index (χ2v) is 12.7. The zero-order valence-electron chi connectivity index (χ0n) is 29.3. The zero-order chi connectivity index (χ0) is 33.6. The molecule has 0 aliphatic heterocycles. The van der Waals surface area contributed by atoms with Crippen molar-refractivity contribution in [1.82, 2.24) is 0 Å². The molecule has 0 rings (SSSR count). The number of unbranched alkanes of at least 4 members (excludes halogenated alkanes) is 10. The number of carbonyl (C=O) groups excluding carboxylic acids is 3. The number of rotatable bonds is 30. The summed E-state index contributed by atoms with van der Waals surface area (Å²) in [6.45, 7) is 4.43. The predicted octanol–water partition coefficient (Wildman–Crippen LogP) is 7.01. The Morgan fingerprint density at radius 3 is 1.89 bits per heavy atom. The summed E-state index contributed by atoms with van der Waals surface area (Å²) < 4.78 is 17.0. The van der Waals surface area contributed by atoms with Crippen LogP contribution in [-0.4, -0.2) is 75.5 Å². The molecular formula is C37H65NO7. The molecule has 0 heterocycles. The molecule has 0 aliphatic rings. The van der Waals surface area contributed by atoms with E-state index in [9.17, 15) is 19.5 Å². The molecule has 260 valence electrons. The van der Waals surface area contributed by atoms with Crippen molar-refractivity contribution in [2.45, 2.75) is 142 Å². The van der Waals surface area contributed by atoms with Gasteiger partial charge < -0.3 is 28.6 Å². The number of quaternary nitrogens is 1. The number of aliphatic carboxylic acids is 1. The average Bonchev–Trinajstić information content (AvgIpc) is 2.98. The van der Waals surface area contributed by atoms with E-state index in [-0.39, 0.29) is 49.1 Å². The van der Waals surface area contributed by atoms with E-state index >= 15 is 0 Å². The molecule has 2 unspecified atom stereocenters. The first kappa shape index (κ1) is 42.6. The van der Waals surface area contributed by atoms with Gasteiger partial charge in [-0.25, -0.2) is 0 Å². The van der Waals surface area contributed by atoms with E-state index in [1.54, 1.807) is 21.1 Å².